The van der Waals surface area contributed by atoms with Gasteiger partial charge in [0, 0.05) is 29.8 Å². The van der Waals surface area contributed by atoms with Crippen molar-refractivity contribution in [3.05, 3.63) is 65.2 Å². The first-order chi connectivity index (χ1) is 19.4. The second-order valence-corrected chi connectivity index (χ2v) is 13.0. The molecule has 1 atom stereocenters. The number of nitrogens with one attached hydrogen (secondary N) is 1. The van der Waals surface area contributed by atoms with Crippen LogP contribution in [-0.2, 0) is 10.0 Å². The number of amides is 1. The predicted octanol–water partition coefficient (Wildman–Crippen LogP) is 5.85. The van der Waals surface area contributed by atoms with Gasteiger partial charge in [-0.05, 0) is 75.8 Å². The van der Waals surface area contributed by atoms with Crippen LogP contribution >= 0.6 is 0 Å². The van der Waals surface area contributed by atoms with Crippen LogP contribution in [-0.4, -0.2) is 59.5 Å². The van der Waals surface area contributed by atoms with Crippen molar-refractivity contribution in [1.82, 2.24) is 20.0 Å². The smallest absolute Gasteiger partial charge is 0.268 e. The molecule has 1 aliphatic heterocycles. The second-order valence-electron chi connectivity index (χ2n) is 11.3. The molecular weight excluding hydrogens is 538 g/mol. The molecule has 2 aromatic carbocycles. The third kappa shape index (κ3) is 6.87. The van der Waals surface area contributed by atoms with Crippen molar-refractivity contribution >= 4 is 21.9 Å². The lowest BCUT2D eigenvalue weighted by Gasteiger charge is -2.43. The van der Waals surface area contributed by atoms with Gasteiger partial charge in [-0.1, -0.05) is 45.0 Å². The van der Waals surface area contributed by atoms with Gasteiger partial charge in [-0.2, -0.15) is 4.98 Å². The fraction of sp³-hybridized carbons (Fsp3) is 0.452. The van der Waals surface area contributed by atoms with Crippen molar-refractivity contribution in [3.63, 3.8) is 0 Å². The SMILES string of the molecule is CCCN(C(C)C)N1C(=O)c2cccc(c2)S(=O)(=O)Nc2nc(cc(-c3c(C)cccc3C)n2)OC[C@H]1CC(C)C. The van der Waals surface area contributed by atoms with Gasteiger partial charge in [0.2, 0.25) is 11.8 Å². The van der Waals surface area contributed by atoms with Gasteiger partial charge in [-0.3, -0.25) is 9.80 Å². The van der Waals surface area contributed by atoms with Gasteiger partial charge in [0.05, 0.1) is 16.6 Å². The van der Waals surface area contributed by atoms with E-state index in [-0.39, 0.29) is 52.8 Å². The Balaban J connectivity index is 1.94. The van der Waals surface area contributed by atoms with Crippen molar-refractivity contribution in [1.29, 1.82) is 0 Å². The molecule has 4 rings (SSSR count). The van der Waals surface area contributed by atoms with Crippen LogP contribution in [0.25, 0.3) is 11.3 Å². The van der Waals surface area contributed by atoms with E-state index in [0.717, 1.165) is 23.1 Å². The third-order valence-corrected chi connectivity index (χ3v) is 8.43. The van der Waals surface area contributed by atoms with Gasteiger partial charge in [-0.15, -0.1) is 0 Å². The van der Waals surface area contributed by atoms with E-state index in [0.29, 0.717) is 18.7 Å². The van der Waals surface area contributed by atoms with Crippen LogP contribution in [0.15, 0.2) is 53.4 Å². The maximum absolute atomic E-state index is 14.2. The highest BCUT2D eigenvalue weighted by Crippen LogP contribution is 2.30. The minimum Gasteiger partial charge on any atom is -0.475 e. The molecule has 2 heterocycles. The number of carbonyl (C=O) groups is 1. The molecule has 1 amide bonds. The maximum atomic E-state index is 14.2. The number of fused-ring (bicyclic) bond motifs is 4. The Morgan fingerprint density at radius 2 is 1.73 bits per heavy atom. The molecule has 0 spiro atoms. The summed E-state index contributed by atoms with van der Waals surface area (Å²) in [6, 6.07) is 13.5. The molecule has 0 radical (unpaired) electrons. The summed E-state index contributed by atoms with van der Waals surface area (Å²) in [6.07, 6.45) is 1.51. The van der Waals surface area contributed by atoms with Crippen LogP contribution in [0.4, 0.5) is 5.95 Å². The zero-order valence-electron chi connectivity index (χ0n) is 25.0. The fourth-order valence-corrected chi connectivity index (χ4v) is 6.29. The molecule has 0 saturated heterocycles. The van der Waals surface area contributed by atoms with E-state index < -0.39 is 10.0 Å². The summed E-state index contributed by atoms with van der Waals surface area (Å²) >= 11 is 0. The number of ether oxygens (including phenoxy) is 1. The summed E-state index contributed by atoms with van der Waals surface area (Å²) in [5.74, 6) is 0.133. The fourth-order valence-electron chi connectivity index (χ4n) is 5.30. The number of rotatable bonds is 7. The van der Waals surface area contributed by atoms with Crippen LogP contribution in [0.5, 0.6) is 5.88 Å². The zero-order valence-corrected chi connectivity index (χ0v) is 25.8. The average molecular weight is 580 g/mol. The number of aryl methyl sites for hydroxylation is 2. The normalized spacial score (nSPS) is 17.1. The summed E-state index contributed by atoms with van der Waals surface area (Å²) < 4.78 is 35.9. The van der Waals surface area contributed by atoms with Crippen molar-refractivity contribution < 1.29 is 17.9 Å². The van der Waals surface area contributed by atoms with Crippen LogP contribution < -0.4 is 9.46 Å². The molecule has 4 bridgehead atoms. The molecule has 0 aliphatic carbocycles. The van der Waals surface area contributed by atoms with Crippen LogP contribution in [0.1, 0.15) is 68.9 Å². The van der Waals surface area contributed by atoms with Crippen LogP contribution in [0, 0.1) is 19.8 Å². The van der Waals surface area contributed by atoms with E-state index in [2.05, 4.69) is 54.3 Å². The molecule has 0 saturated carbocycles. The first-order valence-corrected chi connectivity index (χ1v) is 15.7. The monoisotopic (exact) mass is 579 g/mol. The molecule has 3 aromatic rings. The Morgan fingerprint density at radius 1 is 1.05 bits per heavy atom. The Morgan fingerprint density at radius 3 is 2.37 bits per heavy atom. The van der Waals surface area contributed by atoms with E-state index in [1.807, 2.05) is 32.0 Å². The number of carbonyl (C=O) groups excluding carboxylic acids is 1. The minimum absolute atomic E-state index is 0.0270. The molecule has 1 N–H and O–H groups in total. The lowest BCUT2D eigenvalue weighted by Crippen LogP contribution is -2.57. The van der Waals surface area contributed by atoms with Crippen molar-refractivity contribution in [2.75, 3.05) is 17.9 Å². The van der Waals surface area contributed by atoms with Gasteiger partial charge in [0.1, 0.15) is 6.61 Å². The molecule has 1 aliphatic rings. The van der Waals surface area contributed by atoms with E-state index in [4.69, 9.17) is 4.74 Å². The molecule has 0 unspecified atom stereocenters. The van der Waals surface area contributed by atoms with Crippen molar-refractivity contribution in [2.45, 2.75) is 78.3 Å². The highest BCUT2D eigenvalue weighted by molar-refractivity contribution is 7.92. The predicted molar refractivity (Wildman–Crippen MR) is 161 cm³/mol. The molecular formula is C31H41N5O4S. The quantitative estimate of drug-likeness (QED) is 0.375. The Hall–Kier alpha value is -3.50. The van der Waals surface area contributed by atoms with Crippen LogP contribution in [0.2, 0.25) is 0 Å². The number of aromatic nitrogens is 2. The molecule has 1 aromatic heterocycles. The zero-order chi connectivity index (χ0) is 29.9. The van der Waals surface area contributed by atoms with Gasteiger partial charge in [0.25, 0.3) is 15.9 Å². The number of benzene rings is 2. The Labute approximate surface area is 244 Å². The highest BCUT2D eigenvalue weighted by atomic mass is 32.2. The largest absolute Gasteiger partial charge is 0.475 e. The lowest BCUT2D eigenvalue weighted by atomic mass is 10.00. The van der Waals surface area contributed by atoms with E-state index in [1.54, 1.807) is 23.2 Å². The minimum atomic E-state index is -4.11. The maximum Gasteiger partial charge on any atom is 0.268 e. The molecule has 0 fully saturated rings. The topological polar surface area (TPSA) is 105 Å². The van der Waals surface area contributed by atoms with Gasteiger partial charge >= 0.3 is 0 Å². The van der Waals surface area contributed by atoms with E-state index in [9.17, 15) is 13.2 Å². The second kappa shape index (κ2) is 12.6. The lowest BCUT2D eigenvalue weighted by molar-refractivity contribution is -0.0697. The summed E-state index contributed by atoms with van der Waals surface area (Å²) in [6.45, 7) is 15.2. The van der Waals surface area contributed by atoms with Crippen molar-refractivity contribution in [2.24, 2.45) is 5.92 Å². The number of hydrogen-bond acceptors (Lipinski definition) is 7. The highest BCUT2D eigenvalue weighted by Gasteiger charge is 2.34. The summed E-state index contributed by atoms with van der Waals surface area (Å²) in [7, 11) is -4.11. The number of nitrogens with zero attached hydrogens (tertiary/aromatic N) is 4. The Bertz CT molecular complexity index is 1490. The first-order valence-electron chi connectivity index (χ1n) is 14.2. The van der Waals surface area contributed by atoms with Gasteiger partial charge in [-0.25, -0.2) is 23.1 Å². The summed E-state index contributed by atoms with van der Waals surface area (Å²) in [5, 5.41) is 3.84. The van der Waals surface area contributed by atoms with Crippen molar-refractivity contribution in [3.8, 4) is 17.1 Å². The summed E-state index contributed by atoms with van der Waals surface area (Å²) in [4.78, 5) is 23.2. The number of sulfonamides is 1. The van der Waals surface area contributed by atoms with Gasteiger partial charge in [0.15, 0.2) is 0 Å². The van der Waals surface area contributed by atoms with E-state index in [1.165, 1.54) is 12.1 Å². The molecule has 10 heteroatoms. The number of hydrazine groups is 1. The third-order valence-electron chi connectivity index (χ3n) is 7.10. The average Bonchev–Trinajstić information content (AvgIpc) is 2.90. The molecule has 220 valence electrons. The molecule has 41 heavy (non-hydrogen) atoms. The summed E-state index contributed by atoms with van der Waals surface area (Å²) in [5.41, 5.74) is 3.71. The molecule has 9 nitrogen and oxygen atoms in total. The standard InChI is InChI=1S/C31H41N5O4S/c1-8-15-35(21(4)5)36-25(16-20(2)3)19-40-28-18-27(29-22(6)11-9-12-23(29)7)32-31(33-28)34-41(38,39)26-14-10-13-24(17-26)30(36)37/h9-14,17-18,20-21,25H,8,15-16,19H2,1-7H3,(H,32,33,34)/t25-/m1/s1. The van der Waals surface area contributed by atoms with Crippen LogP contribution in [0.3, 0.4) is 0 Å². The van der Waals surface area contributed by atoms with Gasteiger partial charge < -0.3 is 4.74 Å². The van der Waals surface area contributed by atoms with E-state index >= 15 is 0 Å². The number of anilines is 1. The number of hydrogen-bond donors (Lipinski definition) is 1. The first kappa shape index (κ1) is 30.5. The Kier molecular flexibility index (Phi) is 9.34.